The molecule has 21 heavy (non-hydrogen) atoms. The Morgan fingerprint density at radius 3 is 2.81 bits per heavy atom. The lowest BCUT2D eigenvalue weighted by atomic mass is 10.0. The molecular formula is C11H15N5O4S. The quantitative estimate of drug-likeness (QED) is 0.747. The number of hydrogen-bond acceptors (Lipinski definition) is 5. The number of carbonyl (C=O) groups is 2. The van der Waals surface area contributed by atoms with Gasteiger partial charge in [-0.25, -0.2) is 22.2 Å². The summed E-state index contributed by atoms with van der Waals surface area (Å²) in [6.07, 6.45) is 4.88. The van der Waals surface area contributed by atoms with Crippen molar-refractivity contribution in [3.63, 3.8) is 0 Å². The second-order valence-corrected chi connectivity index (χ2v) is 7.03. The van der Waals surface area contributed by atoms with Gasteiger partial charge in [-0.3, -0.25) is 4.79 Å². The number of rotatable bonds is 4. The second kappa shape index (κ2) is 4.72. The van der Waals surface area contributed by atoms with Gasteiger partial charge in [0.15, 0.2) is 0 Å². The predicted molar refractivity (Wildman–Crippen MR) is 71.4 cm³/mol. The number of fused-ring (bicyclic) bond motifs is 2. The first-order valence-corrected chi connectivity index (χ1v) is 8.09. The lowest BCUT2D eigenvalue weighted by Gasteiger charge is -2.28. The highest BCUT2D eigenvalue weighted by molar-refractivity contribution is 7.89. The second-order valence-electron chi connectivity index (χ2n) is 5.19. The molecule has 3 heterocycles. The molecule has 2 atom stereocenters. The summed E-state index contributed by atoms with van der Waals surface area (Å²) in [6, 6.07) is -1.30. The molecule has 3 rings (SSSR count). The van der Waals surface area contributed by atoms with Crippen molar-refractivity contribution >= 4 is 22.0 Å². The number of amides is 3. The first-order chi connectivity index (χ1) is 9.90. The van der Waals surface area contributed by atoms with E-state index in [9.17, 15) is 18.0 Å². The van der Waals surface area contributed by atoms with Crippen LogP contribution in [0.1, 0.15) is 12.8 Å². The zero-order valence-electron chi connectivity index (χ0n) is 11.1. The Morgan fingerprint density at radius 1 is 1.43 bits per heavy atom. The Balaban J connectivity index is 1.82. The Labute approximate surface area is 121 Å². The van der Waals surface area contributed by atoms with Gasteiger partial charge in [-0.1, -0.05) is 0 Å². The highest BCUT2D eigenvalue weighted by atomic mass is 32.2. The first-order valence-electron chi connectivity index (χ1n) is 6.48. The summed E-state index contributed by atoms with van der Waals surface area (Å²) in [4.78, 5) is 30.0. The van der Waals surface area contributed by atoms with E-state index in [1.807, 2.05) is 0 Å². The molecular weight excluding hydrogens is 298 g/mol. The summed E-state index contributed by atoms with van der Waals surface area (Å²) in [7, 11) is -3.69. The summed E-state index contributed by atoms with van der Waals surface area (Å²) in [6.45, 7) is 0.339. The molecule has 0 saturated carbocycles. The lowest BCUT2D eigenvalue weighted by Crippen LogP contribution is -2.48. The Kier molecular flexibility index (Phi) is 3.12. The zero-order valence-corrected chi connectivity index (χ0v) is 11.9. The minimum atomic E-state index is -3.69. The maximum Gasteiger partial charge on any atom is 0.322 e. The molecule has 2 bridgehead atoms. The van der Waals surface area contributed by atoms with Gasteiger partial charge in [0.2, 0.25) is 5.91 Å². The molecule has 1 aromatic heterocycles. The van der Waals surface area contributed by atoms with E-state index in [0.29, 0.717) is 19.4 Å². The van der Waals surface area contributed by atoms with E-state index in [0.717, 1.165) is 3.97 Å². The maximum absolute atomic E-state index is 12.3. The van der Waals surface area contributed by atoms with Crippen molar-refractivity contribution in [3.05, 3.63) is 18.7 Å². The van der Waals surface area contributed by atoms with Crippen LogP contribution in [0.15, 0.2) is 18.7 Å². The molecule has 0 aromatic carbocycles. The third-order valence-corrected chi connectivity index (χ3v) is 5.38. The van der Waals surface area contributed by atoms with Crippen molar-refractivity contribution < 1.29 is 18.0 Å². The number of nitrogens with zero attached hydrogens (tertiary/aromatic N) is 4. The number of aromatic nitrogens is 2. The van der Waals surface area contributed by atoms with Crippen molar-refractivity contribution in [2.24, 2.45) is 5.73 Å². The monoisotopic (exact) mass is 313 g/mol. The molecule has 0 spiro atoms. The number of imidazole rings is 1. The van der Waals surface area contributed by atoms with Crippen LogP contribution < -0.4 is 5.73 Å². The van der Waals surface area contributed by atoms with Crippen LogP contribution in [0.5, 0.6) is 0 Å². The van der Waals surface area contributed by atoms with Gasteiger partial charge < -0.3 is 15.5 Å². The van der Waals surface area contributed by atoms with Gasteiger partial charge in [0.25, 0.3) is 10.0 Å². The predicted octanol–water partition coefficient (Wildman–Crippen LogP) is -1.23. The Bertz CT molecular complexity index is 671. The normalized spacial score (nSPS) is 25.4. The van der Waals surface area contributed by atoms with Gasteiger partial charge >= 0.3 is 6.03 Å². The molecule has 2 fully saturated rings. The largest absolute Gasteiger partial charge is 0.368 e. The Hall–Kier alpha value is -2.10. The fourth-order valence-electron chi connectivity index (χ4n) is 2.85. The fraction of sp³-hybridized carbons (Fsp3) is 0.545. The number of piperidine rings is 1. The van der Waals surface area contributed by atoms with Crippen molar-refractivity contribution in [3.8, 4) is 0 Å². The van der Waals surface area contributed by atoms with Crippen LogP contribution in [-0.2, 0) is 14.8 Å². The number of hydrogen-bond donors (Lipinski definition) is 1. The van der Waals surface area contributed by atoms with Gasteiger partial charge in [0.1, 0.15) is 18.2 Å². The van der Waals surface area contributed by atoms with Gasteiger partial charge in [-0.2, -0.15) is 0 Å². The molecule has 10 heteroatoms. The van der Waals surface area contributed by atoms with Gasteiger partial charge in [0.05, 0.1) is 6.04 Å². The van der Waals surface area contributed by atoms with Crippen LogP contribution in [-0.4, -0.2) is 63.6 Å². The molecule has 0 unspecified atom stereocenters. The van der Waals surface area contributed by atoms with E-state index in [2.05, 4.69) is 4.98 Å². The van der Waals surface area contributed by atoms with Crippen LogP contribution >= 0.6 is 0 Å². The lowest BCUT2D eigenvalue weighted by molar-refractivity contribution is -0.122. The highest BCUT2D eigenvalue weighted by Crippen LogP contribution is 2.30. The van der Waals surface area contributed by atoms with Crippen LogP contribution in [0.2, 0.25) is 0 Å². The minimum Gasteiger partial charge on any atom is -0.368 e. The first kappa shape index (κ1) is 13.9. The number of nitrogens with two attached hydrogens (primary N) is 1. The third kappa shape index (κ3) is 2.24. The topological polar surface area (TPSA) is 119 Å². The van der Waals surface area contributed by atoms with Gasteiger partial charge in [-0.05, 0) is 12.8 Å². The molecule has 2 aliphatic heterocycles. The van der Waals surface area contributed by atoms with Gasteiger partial charge in [-0.15, -0.1) is 0 Å². The van der Waals surface area contributed by atoms with E-state index in [1.165, 1.54) is 28.5 Å². The SMILES string of the molecule is NC(=O)[C@@H]1CC[C@@H]2CN1C(=O)N2CS(=O)(=O)n1ccnc1. The average Bonchev–Trinajstić information content (AvgIpc) is 3.04. The Morgan fingerprint density at radius 2 is 2.19 bits per heavy atom. The number of urea groups is 1. The fourth-order valence-corrected chi connectivity index (χ4v) is 4.09. The summed E-state index contributed by atoms with van der Waals surface area (Å²) in [5, 5.41) is 0. The van der Waals surface area contributed by atoms with E-state index in [-0.39, 0.29) is 6.04 Å². The van der Waals surface area contributed by atoms with E-state index < -0.39 is 33.9 Å². The maximum atomic E-state index is 12.3. The summed E-state index contributed by atoms with van der Waals surface area (Å²) in [5.74, 6) is -0.990. The van der Waals surface area contributed by atoms with E-state index >= 15 is 0 Å². The van der Waals surface area contributed by atoms with Crippen LogP contribution in [0.4, 0.5) is 4.79 Å². The smallest absolute Gasteiger partial charge is 0.322 e. The molecule has 0 aliphatic carbocycles. The van der Waals surface area contributed by atoms with Crippen molar-refractivity contribution in [1.82, 2.24) is 18.8 Å². The van der Waals surface area contributed by atoms with Crippen LogP contribution in [0.3, 0.4) is 0 Å². The summed E-state index contributed by atoms with van der Waals surface area (Å²) < 4.78 is 25.4. The molecule has 2 N–H and O–H groups in total. The van der Waals surface area contributed by atoms with E-state index in [4.69, 9.17) is 5.73 Å². The zero-order chi connectivity index (χ0) is 15.2. The highest BCUT2D eigenvalue weighted by Gasteiger charge is 2.47. The van der Waals surface area contributed by atoms with Crippen molar-refractivity contribution in [2.45, 2.75) is 24.9 Å². The number of primary amides is 1. The molecule has 114 valence electrons. The van der Waals surface area contributed by atoms with Gasteiger partial charge in [0, 0.05) is 18.9 Å². The van der Waals surface area contributed by atoms with Crippen molar-refractivity contribution in [1.29, 1.82) is 0 Å². The minimum absolute atomic E-state index is 0.202. The summed E-state index contributed by atoms with van der Waals surface area (Å²) in [5.41, 5.74) is 5.28. The molecule has 3 amide bonds. The number of carbonyl (C=O) groups excluding carboxylic acids is 2. The molecule has 1 aromatic rings. The molecule has 9 nitrogen and oxygen atoms in total. The molecule has 2 aliphatic rings. The standard InChI is InChI=1S/C11H15N5O4S/c12-10(17)9-2-1-8-5-15(9)11(18)16(8)7-21(19,20)14-4-3-13-6-14/h3-4,6,8-9H,1-2,5,7H2,(H2,12,17)/t8-,9+/m1/s1. The van der Waals surface area contributed by atoms with E-state index in [1.54, 1.807) is 0 Å². The molecule has 2 saturated heterocycles. The molecule has 0 radical (unpaired) electrons. The van der Waals surface area contributed by atoms with Crippen LogP contribution in [0, 0.1) is 0 Å². The average molecular weight is 313 g/mol. The van der Waals surface area contributed by atoms with Crippen LogP contribution in [0.25, 0.3) is 0 Å². The third-order valence-electron chi connectivity index (χ3n) is 3.92. The summed E-state index contributed by atoms with van der Waals surface area (Å²) >= 11 is 0. The van der Waals surface area contributed by atoms with Crippen molar-refractivity contribution in [2.75, 3.05) is 12.4 Å².